The number of benzene rings is 1. The molecule has 1 saturated heterocycles. The fraction of sp³-hybridized carbons (Fsp3) is 0.400. The lowest BCUT2D eigenvalue weighted by Crippen LogP contribution is -2.43. The second-order valence-corrected chi connectivity index (χ2v) is 5.52. The van der Waals surface area contributed by atoms with E-state index in [-0.39, 0.29) is 17.5 Å². The average molecular weight is 303 g/mol. The molecular formula is C15H17N3O4. The zero-order valence-electron chi connectivity index (χ0n) is 12.2. The van der Waals surface area contributed by atoms with Crippen LogP contribution < -0.4 is 16.0 Å². The van der Waals surface area contributed by atoms with Gasteiger partial charge in [-0.2, -0.15) is 0 Å². The normalized spacial score (nSPS) is 20.7. The van der Waals surface area contributed by atoms with Crippen molar-refractivity contribution in [2.75, 3.05) is 16.8 Å². The van der Waals surface area contributed by atoms with Gasteiger partial charge in [0.05, 0.1) is 16.9 Å². The van der Waals surface area contributed by atoms with Gasteiger partial charge >= 0.3 is 5.97 Å². The Bertz CT molecular complexity index is 658. The zero-order valence-corrected chi connectivity index (χ0v) is 12.2. The van der Waals surface area contributed by atoms with Crippen molar-refractivity contribution in [1.82, 2.24) is 0 Å². The zero-order chi connectivity index (χ0) is 15.9. The van der Waals surface area contributed by atoms with Crippen LogP contribution in [0.5, 0.6) is 0 Å². The van der Waals surface area contributed by atoms with E-state index in [0.29, 0.717) is 5.69 Å². The Balaban J connectivity index is 1.85. The van der Waals surface area contributed by atoms with Gasteiger partial charge in [-0.25, -0.2) is 4.79 Å². The summed E-state index contributed by atoms with van der Waals surface area (Å²) in [5, 5.41) is 2.82. The van der Waals surface area contributed by atoms with Crippen LogP contribution in [-0.2, 0) is 14.3 Å². The van der Waals surface area contributed by atoms with E-state index in [9.17, 15) is 14.4 Å². The molecule has 0 unspecified atom stereocenters. The standard InChI is InChI=1S/C15H17N3O4/c1-8(13(16)19)22-15(21)9-4-5-11-10(7-9)17-14(20)12-3-2-6-18(11)12/h4-5,7-8,12H,2-3,6H2,1H3,(H2,16,19)(H,17,20)/t8-,12-/m1/s1. The fourth-order valence-electron chi connectivity index (χ4n) is 2.84. The van der Waals surface area contributed by atoms with Crippen molar-refractivity contribution in [1.29, 1.82) is 0 Å². The number of primary amides is 1. The summed E-state index contributed by atoms with van der Waals surface area (Å²) in [6.45, 7) is 2.24. The van der Waals surface area contributed by atoms with E-state index in [1.165, 1.54) is 6.92 Å². The summed E-state index contributed by atoms with van der Waals surface area (Å²) in [6.07, 6.45) is 0.809. The molecule has 2 heterocycles. The molecule has 116 valence electrons. The molecule has 0 aromatic heterocycles. The maximum absolute atomic E-state index is 12.1. The van der Waals surface area contributed by atoms with E-state index >= 15 is 0 Å². The number of hydrogen-bond acceptors (Lipinski definition) is 5. The van der Waals surface area contributed by atoms with E-state index in [4.69, 9.17) is 10.5 Å². The first kappa shape index (κ1) is 14.4. The highest BCUT2D eigenvalue weighted by atomic mass is 16.5. The molecule has 7 nitrogen and oxygen atoms in total. The van der Waals surface area contributed by atoms with Crippen molar-refractivity contribution in [3.05, 3.63) is 23.8 Å². The van der Waals surface area contributed by atoms with Crippen molar-refractivity contribution < 1.29 is 19.1 Å². The van der Waals surface area contributed by atoms with Crippen molar-refractivity contribution >= 4 is 29.2 Å². The van der Waals surface area contributed by atoms with Gasteiger partial charge in [0.2, 0.25) is 5.91 Å². The number of rotatable bonds is 3. The van der Waals surface area contributed by atoms with Crippen molar-refractivity contribution in [2.24, 2.45) is 5.73 Å². The van der Waals surface area contributed by atoms with Gasteiger partial charge in [0, 0.05) is 6.54 Å². The number of nitrogens with zero attached hydrogens (tertiary/aromatic N) is 1. The number of carbonyl (C=O) groups excluding carboxylic acids is 3. The molecule has 0 bridgehead atoms. The minimum atomic E-state index is -0.999. The molecule has 22 heavy (non-hydrogen) atoms. The van der Waals surface area contributed by atoms with E-state index in [2.05, 4.69) is 10.2 Å². The molecule has 1 aromatic rings. The Kier molecular flexibility index (Phi) is 3.48. The van der Waals surface area contributed by atoms with Crippen LogP contribution in [0.25, 0.3) is 0 Å². The topological polar surface area (TPSA) is 102 Å². The molecular weight excluding hydrogens is 286 g/mol. The van der Waals surface area contributed by atoms with Gasteiger partial charge < -0.3 is 20.7 Å². The predicted molar refractivity (Wildman–Crippen MR) is 79.5 cm³/mol. The van der Waals surface area contributed by atoms with Crippen LogP contribution in [0.2, 0.25) is 0 Å². The van der Waals surface area contributed by atoms with Gasteiger partial charge in [-0.3, -0.25) is 9.59 Å². The number of carbonyl (C=O) groups is 3. The first-order chi connectivity index (χ1) is 10.5. The molecule has 3 N–H and O–H groups in total. The third-order valence-electron chi connectivity index (χ3n) is 4.04. The van der Waals surface area contributed by atoms with Gasteiger partial charge in [0.15, 0.2) is 6.10 Å². The number of ether oxygens (including phenoxy) is 1. The Hall–Kier alpha value is -2.57. The van der Waals surface area contributed by atoms with Crippen LogP contribution in [0.3, 0.4) is 0 Å². The van der Waals surface area contributed by atoms with E-state index in [1.54, 1.807) is 18.2 Å². The molecule has 2 aliphatic rings. The second-order valence-electron chi connectivity index (χ2n) is 5.52. The Morgan fingerprint density at radius 1 is 1.45 bits per heavy atom. The minimum Gasteiger partial charge on any atom is -0.449 e. The average Bonchev–Trinajstić information content (AvgIpc) is 2.96. The summed E-state index contributed by atoms with van der Waals surface area (Å²) in [6, 6.07) is 4.86. The van der Waals surface area contributed by atoms with Crippen molar-refractivity contribution in [3.8, 4) is 0 Å². The summed E-state index contributed by atoms with van der Waals surface area (Å²) in [7, 11) is 0. The summed E-state index contributed by atoms with van der Waals surface area (Å²) in [4.78, 5) is 37.1. The highest BCUT2D eigenvalue weighted by Gasteiger charge is 2.36. The first-order valence-corrected chi connectivity index (χ1v) is 7.19. The smallest absolute Gasteiger partial charge is 0.338 e. The van der Waals surface area contributed by atoms with Gasteiger partial charge in [0.25, 0.3) is 5.91 Å². The van der Waals surface area contributed by atoms with E-state index in [1.807, 2.05) is 0 Å². The molecule has 2 atom stereocenters. The van der Waals surface area contributed by atoms with E-state index in [0.717, 1.165) is 25.1 Å². The van der Waals surface area contributed by atoms with Crippen LogP contribution in [-0.4, -0.2) is 36.5 Å². The lowest BCUT2D eigenvalue weighted by Gasteiger charge is -2.33. The largest absolute Gasteiger partial charge is 0.449 e. The summed E-state index contributed by atoms with van der Waals surface area (Å²) < 4.78 is 4.96. The predicted octanol–water partition coefficient (Wildman–Crippen LogP) is 0.638. The van der Waals surface area contributed by atoms with Crippen molar-refractivity contribution in [3.63, 3.8) is 0 Å². The number of nitrogens with one attached hydrogen (secondary N) is 1. The quantitative estimate of drug-likeness (QED) is 0.798. The molecule has 0 aliphatic carbocycles. The number of nitrogens with two attached hydrogens (primary N) is 1. The monoisotopic (exact) mass is 303 g/mol. The highest BCUT2D eigenvalue weighted by Crippen LogP contribution is 2.37. The fourth-order valence-corrected chi connectivity index (χ4v) is 2.84. The summed E-state index contributed by atoms with van der Waals surface area (Å²) in [5.41, 5.74) is 6.83. The van der Waals surface area contributed by atoms with Crippen molar-refractivity contribution in [2.45, 2.75) is 31.9 Å². The van der Waals surface area contributed by atoms with Crippen LogP contribution in [0.15, 0.2) is 18.2 Å². The Morgan fingerprint density at radius 3 is 2.95 bits per heavy atom. The number of esters is 1. The molecule has 0 spiro atoms. The third kappa shape index (κ3) is 2.38. The maximum atomic E-state index is 12.1. The second kappa shape index (κ2) is 5.32. The number of fused-ring (bicyclic) bond motifs is 3. The molecule has 0 saturated carbocycles. The van der Waals surface area contributed by atoms with Gasteiger partial charge in [-0.15, -0.1) is 0 Å². The number of anilines is 2. The number of hydrogen-bond donors (Lipinski definition) is 2. The SMILES string of the molecule is C[C@@H](OC(=O)c1ccc2c(c1)NC(=O)[C@H]1CCCN21)C(N)=O. The summed E-state index contributed by atoms with van der Waals surface area (Å²) >= 11 is 0. The first-order valence-electron chi connectivity index (χ1n) is 7.19. The third-order valence-corrected chi connectivity index (χ3v) is 4.04. The number of amides is 2. The Labute approximate surface area is 127 Å². The maximum Gasteiger partial charge on any atom is 0.338 e. The molecule has 2 amide bonds. The molecule has 1 aromatic carbocycles. The molecule has 0 radical (unpaired) electrons. The van der Waals surface area contributed by atoms with Crippen LogP contribution in [0.1, 0.15) is 30.1 Å². The lowest BCUT2D eigenvalue weighted by molar-refractivity contribution is -0.125. The van der Waals surface area contributed by atoms with Gasteiger partial charge in [-0.05, 0) is 38.0 Å². The summed E-state index contributed by atoms with van der Waals surface area (Å²) in [5.74, 6) is -1.41. The minimum absolute atomic E-state index is 0.0546. The molecule has 7 heteroatoms. The van der Waals surface area contributed by atoms with Gasteiger partial charge in [-0.1, -0.05) is 0 Å². The van der Waals surface area contributed by atoms with Crippen LogP contribution >= 0.6 is 0 Å². The van der Waals surface area contributed by atoms with E-state index < -0.39 is 18.0 Å². The molecule has 2 aliphatic heterocycles. The van der Waals surface area contributed by atoms with Crippen LogP contribution in [0.4, 0.5) is 11.4 Å². The Morgan fingerprint density at radius 2 is 2.23 bits per heavy atom. The highest BCUT2D eigenvalue weighted by molar-refractivity contribution is 6.05. The molecule has 3 rings (SSSR count). The lowest BCUT2D eigenvalue weighted by atomic mass is 10.1. The van der Waals surface area contributed by atoms with Gasteiger partial charge in [0.1, 0.15) is 6.04 Å². The van der Waals surface area contributed by atoms with Crippen LogP contribution in [0, 0.1) is 0 Å². The molecule has 1 fully saturated rings.